The molecule has 0 saturated carbocycles. The molecule has 0 unspecified atom stereocenters. The number of ether oxygens (including phenoxy) is 1. The number of halogens is 1. The van der Waals surface area contributed by atoms with Crippen molar-refractivity contribution in [2.45, 2.75) is 6.92 Å². The van der Waals surface area contributed by atoms with Gasteiger partial charge in [-0.1, -0.05) is 0 Å². The molecule has 5 nitrogen and oxygen atoms in total. The van der Waals surface area contributed by atoms with Gasteiger partial charge in [-0.25, -0.2) is 17.9 Å². The van der Waals surface area contributed by atoms with Gasteiger partial charge in [0.1, 0.15) is 0 Å². The van der Waals surface area contributed by atoms with E-state index in [1.54, 1.807) is 13.0 Å². The van der Waals surface area contributed by atoms with Crippen LogP contribution in [0.2, 0.25) is 0 Å². The largest absolute Gasteiger partial charge is 0.491 e. The Labute approximate surface area is 99.8 Å². The Kier molecular flexibility index (Phi) is 4.71. The van der Waals surface area contributed by atoms with E-state index in [2.05, 4.69) is 5.32 Å². The standard InChI is InChI=1S/C10H15FN2O3S/c1-2-16-10-4-3-8(7-9(10)11)13-5-6-17(12,14)15/h3-4,7,13H,2,5-6H2,1H3,(H2,12,14,15). The minimum Gasteiger partial charge on any atom is -0.491 e. The average Bonchev–Trinajstić information content (AvgIpc) is 2.20. The van der Waals surface area contributed by atoms with Crippen LogP contribution in [0.1, 0.15) is 6.92 Å². The van der Waals surface area contributed by atoms with Crippen LogP contribution in [-0.4, -0.2) is 27.3 Å². The maximum atomic E-state index is 13.4. The Morgan fingerprint density at radius 3 is 2.71 bits per heavy atom. The Hall–Kier alpha value is -1.34. The van der Waals surface area contributed by atoms with Crippen LogP contribution < -0.4 is 15.2 Å². The van der Waals surface area contributed by atoms with Crippen LogP contribution >= 0.6 is 0 Å². The molecule has 0 heterocycles. The summed E-state index contributed by atoms with van der Waals surface area (Å²) in [6, 6.07) is 4.34. The Morgan fingerprint density at radius 2 is 2.18 bits per heavy atom. The van der Waals surface area contributed by atoms with Gasteiger partial charge < -0.3 is 10.1 Å². The molecule has 96 valence electrons. The van der Waals surface area contributed by atoms with E-state index in [0.29, 0.717) is 12.3 Å². The van der Waals surface area contributed by atoms with Crippen molar-refractivity contribution in [1.82, 2.24) is 0 Å². The number of nitrogens with two attached hydrogens (primary N) is 1. The van der Waals surface area contributed by atoms with E-state index in [9.17, 15) is 12.8 Å². The van der Waals surface area contributed by atoms with Crippen LogP contribution in [0.4, 0.5) is 10.1 Å². The summed E-state index contributed by atoms with van der Waals surface area (Å²) >= 11 is 0. The summed E-state index contributed by atoms with van der Waals surface area (Å²) in [5.74, 6) is -0.529. The summed E-state index contributed by atoms with van der Waals surface area (Å²) in [5, 5.41) is 7.59. The second-order valence-corrected chi connectivity index (χ2v) is 5.11. The molecule has 0 radical (unpaired) electrons. The van der Waals surface area contributed by atoms with Crippen molar-refractivity contribution in [1.29, 1.82) is 0 Å². The first kappa shape index (κ1) is 13.7. The zero-order chi connectivity index (χ0) is 12.9. The molecule has 0 aliphatic rings. The van der Waals surface area contributed by atoms with Crippen molar-refractivity contribution in [3.8, 4) is 5.75 Å². The number of benzene rings is 1. The van der Waals surface area contributed by atoms with Crippen LogP contribution in [0.5, 0.6) is 5.75 Å². The SMILES string of the molecule is CCOc1ccc(NCCS(N)(=O)=O)cc1F. The summed E-state index contributed by atoms with van der Waals surface area (Å²) in [4.78, 5) is 0. The van der Waals surface area contributed by atoms with E-state index >= 15 is 0 Å². The van der Waals surface area contributed by atoms with E-state index in [-0.39, 0.29) is 18.0 Å². The lowest BCUT2D eigenvalue weighted by molar-refractivity contribution is 0.321. The molecule has 1 aromatic carbocycles. The fraction of sp³-hybridized carbons (Fsp3) is 0.400. The Bertz CT molecular complexity index is 476. The van der Waals surface area contributed by atoms with Crippen molar-refractivity contribution in [3.05, 3.63) is 24.0 Å². The van der Waals surface area contributed by atoms with Gasteiger partial charge in [-0.15, -0.1) is 0 Å². The lowest BCUT2D eigenvalue weighted by Crippen LogP contribution is -2.22. The van der Waals surface area contributed by atoms with Crippen LogP contribution in [0, 0.1) is 5.82 Å². The van der Waals surface area contributed by atoms with Gasteiger partial charge in [-0.2, -0.15) is 0 Å². The zero-order valence-electron chi connectivity index (χ0n) is 9.44. The Morgan fingerprint density at radius 1 is 1.47 bits per heavy atom. The number of rotatable bonds is 6. The van der Waals surface area contributed by atoms with Gasteiger partial charge >= 0.3 is 0 Å². The van der Waals surface area contributed by atoms with Crippen molar-refractivity contribution in [2.75, 3.05) is 24.2 Å². The molecule has 0 amide bonds. The number of nitrogens with one attached hydrogen (secondary N) is 1. The molecule has 17 heavy (non-hydrogen) atoms. The molecule has 0 aromatic heterocycles. The molecule has 0 atom stereocenters. The normalized spacial score (nSPS) is 11.2. The minimum atomic E-state index is -3.50. The molecule has 0 aliphatic carbocycles. The highest BCUT2D eigenvalue weighted by molar-refractivity contribution is 7.89. The van der Waals surface area contributed by atoms with Crippen LogP contribution in [-0.2, 0) is 10.0 Å². The van der Waals surface area contributed by atoms with E-state index in [4.69, 9.17) is 9.88 Å². The molecule has 0 bridgehead atoms. The molecular weight excluding hydrogens is 247 g/mol. The maximum absolute atomic E-state index is 13.4. The lowest BCUT2D eigenvalue weighted by atomic mass is 10.3. The molecule has 1 rings (SSSR count). The number of sulfonamides is 1. The van der Waals surface area contributed by atoms with Crippen molar-refractivity contribution < 1.29 is 17.5 Å². The third-order valence-corrected chi connectivity index (χ3v) is 2.72. The first-order chi connectivity index (χ1) is 7.92. The fourth-order valence-electron chi connectivity index (χ4n) is 1.22. The number of primary sulfonamides is 1. The first-order valence-electron chi connectivity index (χ1n) is 5.09. The van der Waals surface area contributed by atoms with E-state index in [0.717, 1.165) is 0 Å². The van der Waals surface area contributed by atoms with Crippen molar-refractivity contribution >= 4 is 15.7 Å². The first-order valence-corrected chi connectivity index (χ1v) is 6.80. The van der Waals surface area contributed by atoms with Gasteiger partial charge in [0, 0.05) is 18.3 Å². The lowest BCUT2D eigenvalue weighted by Gasteiger charge is -2.08. The fourth-order valence-corrected chi connectivity index (χ4v) is 1.61. The highest BCUT2D eigenvalue weighted by Crippen LogP contribution is 2.20. The van der Waals surface area contributed by atoms with E-state index in [1.165, 1.54) is 12.1 Å². The number of hydrogen-bond donors (Lipinski definition) is 2. The van der Waals surface area contributed by atoms with Gasteiger partial charge in [-0.05, 0) is 19.1 Å². The average molecular weight is 262 g/mol. The van der Waals surface area contributed by atoms with Gasteiger partial charge in [0.2, 0.25) is 10.0 Å². The minimum absolute atomic E-state index is 0.131. The third-order valence-electron chi connectivity index (χ3n) is 1.95. The monoisotopic (exact) mass is 262 g/mol. The molecule has 7 heteroatoms. The molecule has 0 aliphatic heterocycles. The van der Waals surface area contributed by atoms with Gasteiger partial charge in [0.15, 0.2) is 11.6 Å². The van der Waals surface area contributed by atoms with Gasteiger partial charge in [0.05, 0.1) is 12.4 Å². The van der Waals surface area contributed by atoms with Gasteiger partial charge in [-0.3, -0.25) is 0 Å². The quantitative estimate of drug-likeness (QED) is 0.799. The van der Waals surface area contributed by atoms with Crippen LogP contribution in [0.15, 0.2) is 18.2 Å². The smallest absolute Gasteiger partial charge is 0.210 e. The zero-order valence-corrected chi connectivity index (χ0v) is 10.3. The van der Waals surface area contributed by atoms with Crippen molar-refractivity contribution in [3.63, 3.8) is 0 Å². The van der Waals surface area contributed by atoms with E-state index in [1.807, 2.05) is 0 Å². The summed E-state index contributed by atoms with van der Waals surface area (Å²) in [7, 11) is -3.50. The molecule has 0 fully saturated rings. The van der Waals surface area contributed by atoms with Gasteiger partial charge in [0.25, 0.3) is 0 Å². The number of hydrogen-bond acceptors (Lipinski definition) is 4. The summed E-state index contributed by atoms with van der Waals surface area (Å²) in [6.07, 6.45) is 0. The summed E-state index contributed by atoms with van der Waals surface area (Å²) < 4.78 is 39.8. The van der Waals surface area contributed by atoms with Crippen molar-refractivity contribution in [2.24, 2.45) is 5.14 Å². The summed E-state index contributed by atoms with van der Waals surface area (Å²) in [6.45, 7) is 2.28. The second-order valence-electron chi connectivity index (χ2n) is 3.37. The molecule has 1 aromatic rings. The highest BCUT2D eigenvalue weighted by Gasteiger charge is 2.05. The highest BCUT2D eigenvalue weighted by atomic mass is 32.2. The predicted molar refractivity (Wildman–Crippen MR) is 64.0 cm³/mol. The summed E-state index contributed by atoms with van der Waals surface area (Å²) in [5.41, 5.74) is 0.481. The molecule has 0 spiro atoms. The Balaban J connectivity index is 2.58. The third kappa shape index (κ3) is 5.01. The second kappa shape index (κ2) is 5.83. The molecular formula is C10H15FN2O3S. The topological polar surface area (TPSA) is 81.4 Å². The van der Waals surface area contributed by atoms with Crippen LogP contribution in [0.25, 0.3) is 0 Å². The number of anilines is 1. The predicted octanol–water partition coefficient (Wildman–Crippen LogP) is 0.925. The van der Waals surface area contributed by atoms with Crippen LogP contribution in [0.3, 0.4) is 0 Å². The molecule has 3 N–H and O–H groups in total. The molecule has 0 saturated heterocycles. The maximum Gasteiger partial charge on any atom is 0.210 e. The van der Waals surface area contributed by atoms with E-state index < -0.39 is 15.8 Å².